The van der Waals surface area contributed by atoms with Crippen LogP contribution in [0.4, 0.5) is 0 Å². The van der Waals surface area contributed by atoms with Gasteiger partial charge in [-0.1, -0.05) is 25.1 Å². The third-order valence-corrected chi connectivity index (χ3v) is 7.84. The average molecular weight is 428 g/mol. The van der Waals surface area contributed by atoms with Crippen molar-refractivity contribution < 1.29 is 9.53 Å². The van der Waals surface area contributed by atoms with Gasteiger partial charge >= 0.3 is 0 Å². The molecule has 4 rings (SSSR count). The highest BCUT2D eigenvalue weighted by molar-refractivity contribution is 5.76. The molecule has 3 aliphatic rings. The third kappa shape index (κ3) is 5.43. The van der Waals surface area contributed by atoms with Crippen LogP contribution >= 0.6 is 0 Å². The Labute approximate surface area is 188 Å². The largest absolute Gasteiger partial charge is 0.487 e. The van der Waals surface area contributed by atoms with Crippen LogP contribution in [0.25, 0.3) is 0 Å². The molecule has 5 heteroatoms. The zero-order valence-corrected chi connectivity index (χ0v) is 19.7. The molecule has 3 saturated heterocycles. The molecule has 0 aliphatic carbocycles. The van der Waals surface area contributed by atoms with E-state index >= 15 is 0 Å². The van der Waals surface area contributed by atoms with Crippen molar-refractivity contribution in [2.75, 3.05) is 39.3 Å². The van der Waals surface area contributed by atoms with Crippen LogP contribution in [-0.2, 0) is 4.79 Å². The Morgan fingerprint density at radius 2 is 1.71 bits per heavy atom. The summed E-state index contributed by atoms with van der Waals surface area (Å²) in [6.45, 7) is 13.1. The minimum atomic E-state index is 0.265. The van der Waals surface area contributed by atoms with E-state index in [9.17, 15) is 4.79 Å². The van der Waals surface area contributed by atoms with Crippen LogP contribution in [0.5, 0.6) is 5.75 Å². The summed E-state index contributed by atoms with van der Waals surface area (Å²) in [7, 11) is 0. The van der Waals surface area contributed by atoms with Gasteiger partial charge in [0.15, 0.2) is 0 Å². The van der Waals surface area contributed by atoms with E-state index in [0.29, 0.717) is 29.8 Å². The van der Waals surface area contributed by atoms with Gasteiger partial charge in [-0.2, -0.15) is 0 Å². The Morgan fingerprint density at radius 1 is 1.03 bits per heavy atom. The van der Waals surface area contributed by atoms with Crippen LogP contribution in [0.1, 0.15) is 52.9 Å². The van der Waals surface area contributed by atoms with Gasteiger partial charge in [0.25, 0.3) is 0 Å². The fraction of sp³-hybridized carbons (Fsp3) is 0.731. The average Bonchev–Trinajstić information content (AvgIpc) is 2.78. The molecule has 0 spiro atoms. The zero-order valence-electron chi connectivity index (χ0n) is 19.7. The van der Waals surface area contributed by atoms with Crippen molar-refractivity contribution in [2.24, 2.45) is 11.8 Å². The summed E-state index contributed by atoms with van der Waals surface area (Å²) >= 11 is 0. The molecule has 1 aromatic carbocycles. The van der Waals surface area contributed by atoms with Crippen molar-refractivity contribution in [3.05, 3.63) is 30.3 Å². The second-order valence-corrected chi connectivity index (χ2v) is 10.1. The maximum absolute atomic E-state index is 12.9. The molecule has 0 saturated carbocycles. The van der Waals surface area contributed by atoms with Crippen molar-refractivity contribution in [3.8, 4) is 5.75 Å². The number of likely N-dealkylation sites (tertiary alicyclic amines) is 3. The van der Waals surface area contributed by atoms with E-state index in [4.69, 9.17) is 4.74 Å². The topological polar surface area (TPSA) is 36.0 Å². The molecule has 31 heavy (non-hydrogen) atoms. The van der Waals surface area contributed by atoms with E-state index in [0.717, 1.165) is 64.3 Å². The number of amides is 1. The van der Waals surface area contributed by atoms with Crippen LogP contribution in [0, 0.1) is 11.8 Å². The van der Waals surface area contributed by atoms with E-state index in [2.05, 4.69) is 47.6 Å². The van der Waals surface area contributed by atoms with Crippen LogP contribution < -0.4 is 4.74 Å². The van der Waals surface area contributed by atoms with Gasteiger partial charge < -0.3 is 14.5 Å². The molecule has 0 N–H and O–H groups in total. The van der Waals surface area contributed by atoms with Gasteiger partial charge in [-0.15, -0.1) is 0 Å². The Kier molecular flexibility index (Phi) is 7.55. The molecular weight excluding hydrogens is 386 g/mol. The summed E-state index contributed by atoms with van der Waals surface area (Å²) in [5.74, 6) is 2.56. The first kappa shape index (κ1) is 22.6. The second kappa shape index (κ2) is 10.4. The van der Waals surface area contributed by atoms with Crippen LogP contribution in [0.15, 0.2) is 30.3 Å². The SMILES string of the molecule is CCN1CCC(CC(=O)N2CCC([C@H]3[C@@H](Oc4ccccc4)CN3C(C)C)CC2)CC1. The first-order chi connectivity index (χ1) is 15.0. The predicted molar refractivity (Wildman–Crippen MR) is 125 cm³/mol. The Balaban J connectivity index is 1.27. The third-order valence-electron chi connectivity index (χ3n) is 7.84. The number of carbonyl (C=O) groups excluding carboxylic acids is 1. The quantitative estimate of drug-likeness (QED) is 0.662. The van der Waals surface area contributed by atoms with Crippen LogP contribution in [-0.4, -0.2) is 78.1 Å². The van der Waals surface area contributed by atoms with Crippen molar-refractivity contribution >= 4 is 5.91 Å². The smallest absolute Gasteiger partial charge is 0.222 e. The Hall–Kier alpha value is -1.59. The zero-order chi connectivity index (χ0) is 21.8. The summed E-state index contributed by atoms with van der Waals surface area (Å²) in [6.07, 6.45) is 5.58. The van der Waals surface area contributed by atoms with Crippen molar-refractivity contribution in [1.82, 2.24) is 14.7 Å². The lowest BCUT2D eigenvalue weighted by Crippen LogP contribution is -2.68. The van der Waals surface area contributed by atoms with E-state index in [1.165, 1.54) is 12.8 Å². The molecule has 5 nitrogen and oxygen atoms in total. The highest BCUT2D eigenvalue weighted by Crippen LogP contribution is 2.36. The predicted octanol–water partition coefficient (Wildman–Crippen LogP) is 3.89. The molecule has 0 unspecified atom stereocenters. The number of carbonyl (C=O) groups is 1. The van der Waals surface area contributed by atoms with Crippen LogP contribution in [0.2, 0.25) is 0 Å². The number of hydrogen-bond donors (Lipinski definition) is 0. The van der Waals surface area contributed by atoms with Gasteiger partial charge in [-0.3, -0.25) is 9.69 Å². The molecule has 172 valence electrons. The molecule has 1 aromatic rings. The lowest BCUT2D eigenvalue weighted by molar-refractivity contribution is -0.137. The van der Waals surface area contributed by atoms with E-state index in [1.807, 2.05) is 18.2 Å². The molecular formula is C26H41N3O2. The first-order valence-corrected chi connectivity index (χ1v) is 12.5. The number of nitrogens with zero attached hydrogens (tertiary/aromatic N) is 3. The van der Waals surface area contributed by atoms with E-state index < -0.39 is 0 Å². The van der Waals surface area contributed by atoms with Gasteiger partial charge in [0.1, 0.15) is 11.9 Å². The summed E-state index contributed by atoms with van der Waals surface area (Å²) in [5, 5.41) is 0. The fourth-order valence-electron chi connectivity index (χ4n) is 5.80. The van der Waals surface area contributed by atoms with Gasteiger partial charge in [0.05, 0.1) is 6.04 Å². The molecule has 0 bridgehead atoms. The Morgan fingerprint density at radius 3 is 2.32 bits per heavy atom. The van der Waals surface area contributed by atoms with Crippen LogP contribution in [0.3, 0.4) is 0 Å². The van der Waals surface area contributed by atoms with Gasteiger partial charge in [-0.25, -0.2) is 0 Å². The maximum Gasteiger partial charge on any atom is 0.222 e. The minimum absolute atomic E-state index is 0.265. The van der Waals surface area contributed by atoms with Crippen molar-refractivity contribution in [1.29, 1.82) is 0 Å². The molecule has 3 heterocycles. The molecule has 3 aliphatic heterocycles. The lowest BCUT2D eigenvalue weighted by atomic mass is 9.79. The number of hydrogen-bond acceptors (Lipinski definition) is 4. The summed E-state index contributed by atoms with van der Waals surface area (Å²) in [6, 6.07) is 11.2. The number of para-hydroxylation sites is 1. The summed E-state index contributed by atoms with van der Waals surface area (Å²) in [5.41, 5.74) is 0. The monoisotopic (exact) mass is 427 g/mol. The van der Waals surface area contributed by atoms with Gasteiger partial charge in [0, 0.05) is 32.1 Å². The second-order valence-electron chi connectivity index (χ2n) is 10.1. The number of piperidine rings is 2. The molecule has 3 fully saturated rings. The van der Waals surface area contributed by atoms with Gasteiger partial charge in [0.2, 0.25) is 5.91 Å². The Bertz CT molecular complexity index is 694. The molecule has 2 atom stereocenters. The van der Waals surface area contributed by atoms with Crippen molar-refractivity contribution in [2.45, 2.75) is 71.1 Å². The number of rotatable bonds is 7. The minimum Gasteiger partial charge on any atom is -0.487 e. The van der Waals surface area contributed by atoms with Gasteiger partial charge in [-0.05, 0) is 83.1 Å². The maximum atomic E-state index is 12.9. The van der Waals surface area contributed by atoms with Crippen molar-refractivity contribution in [3.63, 3.8) is 0 Å². The highest BCUT2D eigenvalue weighted by atomic mass is 16.5. The summed E-state index contributed by atoms with van der Waals surface area (Å²) < 4.78 is 6.36. The molecule has 0 aromatic heterocycles. The molecule has 0 radical (unpaired) electrons. The lowest BCUT2D eigenvalue weighted by Gasteiger charge is -2.54. The standard InChI is InChI=1S/C26H41N3O2/c1-4-27-14-10-21(11-15-27)18-25(30)28-16-12-22(13-17-28)26-24(19-29(26)20(2)3)31-23-8-6-5-7-9-23/h5-9,20-22,24,26H,4,10-19H2,1-3H3/t24-,26-/m0/s1. The number of ether oxygens (including phenoxy) is 1. The normalized spacial score (nSPS) is 26.8. The first-order valence-electron chi connectivity index (χ1n) is 12.5. The van der Waals surface area contributed by atoms with E-state index in [-0.39, 0.29) is 6.10 Å². The molecule has 1 amide bonds. The van der Waals surface area contributed by atoms with E-state index in [1.54, 1.807) is 0 Å². The highest BCUT2D eigenvalue weighted by Gasteiger charge is 2.47. The fourth-order valence-corrected chi connectivity index (χ4v) is 5.80. The summed E-state index contributed by atoms with van der Waals surface area (Å²) in [4.78, 5) is 20.2. The number of benzene rings is 1.